The van der Waals surface area contributed by atoms with E-state index in [0.717, 1.165) is 6.42 Å². The SMILES string of the molecule is CCCC(O)CNC(=O)CNC(=O)c1ccc(Cl)c(Cl)c1. The second kappa shape index (κ2) is 8.87. The third-order valence-electron chi connectivity index (χ3n) is 2.75. The van der Waals surface area contributed by atoms with Crippen LogP contribution in [0.5, 0.6) is 0 Å². The minimum absolute atomic E-state index is 0.169. The Bertz CT molecular complexity index is 509. The normalized spacial score (nSPS) is 11.8. The molecular weight excluding hydrogens is 315 g/mol. The molecule has 0 aliphatic heterocycles. The van der Waals surface area contributed by atoms with E-state index in [1.54, 1.807) is 0 Å². The highest BCUT2D eigenvalue weighted by atomic mass is 35.5. The van der Waals surface area contributed by atoms with Crippen molar-refractivity contribution in [3.63, 3.8) is 0 Å². The molecule has 1 aromatic rings. The van der Waals surface area contributed by atoms with E-state index < -0.39 is 12.0 Å². The molecule has 1 unspecified atom stereocenters. The molecule has 0 spiro atoms. The molecule has 3 N–H and O–H groups in total. The topological polar surface area (TPSA) is 78.4 Å². The number of hydrogen-bond donors (Lipinski definition) is 3. The van der Waals surface area contributed by atoms with Gasteiger partial charge in [0.1, 0.15) is 0 Å². The maximum Gasteiger partial charge on any atom is 0.251 e. The summed E-state index contributed by atoms with van der Waals surface area (Å²) in [6, 6.07) is 4.47. The number of aliphatic hydroxyl groups excluding tert-OH is 1. The van der Waals surface area contributed by atoms with Crippen LogP contribution in [0.15, 0.2) is 18.2 Å². The summed E-state index contributed by atoms with van der Waals surface area (Å²) >= 11 is 11.6. The quantitative estimate of drug-likeness (QED) is 0.714. The summed E-state index contributed by atoms with van der Waals surface area (Å²) in [5.41, 5.74) is 0.322. The minimum Gasteiger partial charge on any atom is -0.391 e. The fourth-order valence-corrected chi connectivity index (χ4v) is 1.93. The smallest absolute Gasteiger partial charge is 0.251 e. The first-order valence-corrected chi connectivity index (χ1v) is 7.37. The number of amides is 2. The lowest BCUT2D eigenvalue weighted by atomic mass is 10.2. The number of carbonyl (C=O) groups excluding carboxylic acids is 2. The highest BCUT2D eigenvalue weighted by molar-refractivity contribution is 6.42. The predicted molar refractivity (Wildman–Crippen MR) is 82.7 cm³/mol. The van der Waals surface area contributed by atoms with Crippen LogP contribution in [0.25, 0.3) is 0 Å². The van der Waals surface area contributed by atoms with E-state index in [1.165, 1.54) is 18.2 Å². The van der Waals surface area contributed by atoms with E-state index in [9.17, 15) is 14.7 Å². The molecule has 0 saturated heterocycles. The van der Waals surface area contributed by atoms with Crippen LogP contribution in [-0.2, 0) is 4.79 Å². The van der Waals surface area contributed by atoms with Crippen molar-refractivity contribution in [2.75, 3.05) is 13.1 Å². The molecular formula is C14H18Cl2N2O3. The molecule has 5 nitrogen and oxygen atoms in total. The Kier molecular flexibility index (Phi) is 7.50. The van der Waals surface area contributed by atoms with Gasteiger partial charge in [-0.1, -0.05) is 36.5 Å². The number of hydrogen-bond acceptors (Lipinski definition) is 3. The Morgan fingerprint density at radius 3 is 2.57 bits per heavy atom. The van der Waals surface area contributed by atoms with Crippen LogP contribution < -0.4 is 10.6 Å². The van der Waals surface area contributed by atoms with Crippen molar-refractivity contribution in [3.8, 4) is 0 Å². The van der Waals surface area contributed by atoms with Gasteiger partial charge in [-0.25, -0.2) is 0 Å². The number of carbonyl (C=O) groups is 2. The van der Waals surface area contributed by atoms with E-state index in [2.05, 4.69) is 10.6 Å². The Morgan fingerprint density at radius 2 is 1.95 bits per heavy atom. The van der Waals surface area contributed by atoms with E-state index in [4.69, 9.17) is 23.2 Å². The Hall–Kier alpha value is -1.30. The molecule has 21 heavy (non-hydrogen) atoms. The van der Waals surface area contributed by atoms with E-state index >= 15 is 0 Å². The second-order valence-corrected chi connectivity index (χ2v) is 5.37. The fourth-order valence-electron chi connectivity index (χ4n) is 1.63. The molecule has 0 heterocycles. The first-order chi connectivity index (χ1) is 9.93. The Balaban J connectivity index is 2.38. The number of rotatable bonds is 7. The van der Waals surface area contributed by atoms with Gasteiger partial charge in [-0.3, -0.25) is 9.59 Å². The van der Waals surface area contributed by atoms with Gasteiger partial charge in [-0.05, 0) is 24.6 Å². The molecule has 1 atom stereocenters. The van der Waals surface area contributed by atoms with Crippen LogP contribution in [0, 0.1) is 0 Å². The largest absolute Gasteiger partial charge is 0.391 e. The Labute approximate surface area is 133 Å². The molecule has 0 radical (unpaired) electrons. The fraction of sp³-hybridized carbons (Fsp3) is 0.429. The van der Waals surface area contributed by atoms with Gasteiger partial charge in [0, 0.05) is 12.1 Å². The summed E-state index contributed by atoms with van der Waals surface area (Å²) in [6.07, 6.45) is 0.894. The third kappa shape index (κ3) is 6.33. The summed E-state index contributed by atoms with van der Waals surface area (Å²) in [6.45, 7) is 1.95. The lowest BCUT2D eigenvalue weighted by Crippen LogP contribution is -2.40. The van der Waals surface area contributed by atoms with Gasteiger partial charge in [-0.15, -0.1) is 0 Å². The zero-order valence-corrected chi connectivity index (χ0v) is 13.2. The van der Waals surface area contributed by atoms with Crippen LogP contribution in [0.3, 0.4) is 0 Å². The number of nitrogens with one attached hydrogen (secondary N) is 2. The zero-order chi connectivity index (χ0) is 15.8. The highest BCUT2D eigenvalue weighted by Gasteiger charge is 2.10. The summed E-state index contributed by atoms with van der Waals surface area (Å²) < 4.78 is 0. The van der Waals surface area contributed by atoms with Gasteiger partial charge in [0.2, 0.25) is 5.91 Å². The summed E-state index contributed by atoms with van der Waals surface area (Å²) in [5.74, 6) is -0.781. The lowest BCUT2D eigenvalue weighted by molar-refractivity contribution is -0.120. The minimum atomic E-state index is -0.565. The van der Waals surface area contributed by atoms with Crippen molar-refractivity contribution in [2.24, 2.45) is 0 Å². The maximum absolute atomic E-state index is 11.8. The van der Waals surface area contributed by atoms with Gasteiger partial charge in [0.15, 0.2) is 0 Å². The lowest BCUT2D eigenvalue weighted by Gasteiger charge is -2.11. The molecule has 0 fully saturated rings. The van der Waals surface area contributed by atoms with Crippen molar-refractivity contribution in [1.29, 1.82) is 0 Å². The van der Waals surface area contributed by atoms with Crippen molar-refractivity contribution >= 4 is 35.0 Å². The van der Waals surface area contributed by atoms with Crippen LogP contribution in [-0.4, -0.2) is 36.1 Å². The molecule has 0 aliphatic carbocycles. The van der Waals surface area contributed by atoms with Crippen LogP contribution in [0.4, 0.5) is 0 Å². The molecule has 0 bridgehead atoms. The average molecular weight is 333 g/mol. The molecule has 0 aromatic heterocycles. The summed E-state index contributed by atoms with van der Waals surface area (Å²) in [7, 11) is 0. The molecule has 1 aromatic carbocycles. The van der Waals surface area contributed by atoms with Gasteiger partial charge >= 0.3 is 0 Å². The molecule has 116 valence electrons. The number of benzene rings is 1. The Morgan fingerprint density at radius 1 is 1.24 bits per heavy atom. The second-order valence-electron chi connectivity index (χ2n) is 4.56. The van der Waals surface area contributed by atoms with Crippen molar-refractivity contribution in [3.05, 3.63) is 33.8 Å². The first kappa shape index (κ1) is 17.8. The van der Waals surface area contributed by atoms with Crippen molar-refractivity contribution < 1.29 is 14.7 Å². The molecule has 0 aliphatic rings. The van der Waals surface area contributed by atoms with E-state index in [0.29, 0.717) is 17.0 Å². The van der Waals surface area contributed by atoms with Crippen LogP contribution >= 0.6 is 23.2 Å². The van der Waals surface area contributed by atoms with Crippen molar-refractivity contribution in [2.45, 2.75) is 25.9 Å². The van der Waals surface area contributed by atoms with Gasteiger partial charge in [0.05, 0.1) is 22.7 Å². The number of aliphatic hydroxyl groups is 1. The van der Waals surface area contributed by atoms with E-state index in [1.807, 2.05) is 6.92 Å². The molecule has 2 amide bonds. The number of halogens is 2. The van der Waals surface area contributed by atoms with Crippen LogP contribution in [0.1, 0.15) is 30.1 Å². The maximum atomic E-state index is 11.8. The van der Waals surface area contributed by atoms with E-state index in [-0.39, 0.29) is 24.0 Å². The summed E-state index contributed by atoms with van der Waals surface area (Å²) in [5, 5.41) is 15.1. The molecule has 7 heteroatoms. The molecule has 0 saturated carbocycles. The zero-order valence-electron chi connectivity index (χ0n) is 11.7. The third-order valence-corrected chi connectivity index (χ3v) is 3.49. The highest BCUT2D eigenvalue weighted by Crippen LogP contribution is 2.22. The molecule has 1 rings (SSSR count). The van der Waals surface area contributed by atoms with Crippen molar-refractivity contribution in [1.82, 2.24) is 10.6 Å². The van der Waals surface area contributed by atoms with Gasteiger partial charge in [-0.2, -0.15) is 0 Å². The first-order valence-electron chi connectivity index (χ1n) is 6.62. The monoisotopic (exact) mass is 332 g/mol. The van der Waals surface area contributed by atoms with Gasteiger partial charge < -0.3 is 15.7 Å². The predicted octanol–water partition coefficient (Wildman–Crippen LogP) is 2.00. The average Bonchev–Trinajstić information content (AvgIpc) is 2.45. The van der Waals surface area contributed by atoms with Gasteiger partial charge in [0.25, 0.3) is 5.91 Å². The summed E-state index contributed by atoms with van der Waals surface area (Å²) in [4.78, 5) is 23.3. The van der Waals surface area contributed by atoms with Crippen LogP contribution in [0.2, 0.25) is 10.0 Å². The standard InChI is InChI=1S/C14H18Cl2N2O3/c1-2-3-10(19)7-17-13(20)8-18-14(21)9-4-5-11(15)12(16)6-9/h4-6,10,19H,2-3,7-8H2,1H3,(H,17,20)(H,18,21).